The van der Waals surface area contributed by atoms with Crippen LogP contribution in [0.2, 0.25) is 0 Å². The fourth-order valence-electron chi connectivity index (χ4n) is 2.62. The number of nitrogens with one attached hydrogen (secondary N) is 1. The number of carboxylic acid groups (broad SMARTS) is 1. The monoisotopic (exact) mass is 305 g/mol. The van der Waals surface area contributed by atoms with E-state index in [4.69, 9.17) is 5.11 Å². The molecular weight excluding hydrogens is 282 g/mol. The fraction of sp³-hybridized carbons (Fsp3) is 0.500. The van der Waals surface area contributed by atoms with Crippen molar-refractivity contribution in [1.29, 1.82) is 0 Å². The van der Waals surface area contributed by atoms with Crippen molar-refractivity contribution in [2.75, 3.05) is 31.1 Å². The van der Waals surface area contributed by atoms with E-state index >= 15 is 0 Å². The number of carbonyl (C=O) groups is 2. The molecule has 6 nitrogen and oxygen atoms in total. The number of benzene rings is 1. The number of urea groups is 1. The average Bonchev–Trinajstić information content (AvgIpc) is 2.73. The number of nitrogens with zero attached hydrogens (tertiary/aromatic N) is 2. The summed E-state index contributed by atoms with van der Waals surface area (Å²) in [7, 11) is 0. The molecule has 22 heavy (non-hydrogen) atoms. The summed E-state index contributed by atoms with van der Waals surface area (Å²) in [5.74, 6) is -1.02. The predicted octanol–water partition coefficient (Wildman–Crippen LogP) is 1.69. The highest BCUT2D eigenvalue weighted by Crippen LogP contribution is 2.20. The molecule has 0 saturated carbocycles. The molecular formula is C16H23N3O3. The zero-order valence-corrected chi connectivity index (χ0v) is 13.1. The maximum Gasteiger partial charge on any atom is 0.325 e. The van der Waals surface area contributed by atoms with Crippen LogP contribution >= 0.6 is 0 Å². The number of carbonyl (C=O) groups excluding carboxylic acids is 1. The van der Waals surface area contributed by atoms with Crippen LogP contribution in [0.5, 0.6) is 0 Å². The standard InChI is InChI=1S/C16H23N3O3/c1-12-6-3-4-7-14(12)18-8-5-9-19(11-10-18)16(22)17-13(2)15(20)21/h3-4,6-7,13H,5,8-11H2,1-2H3,(H,17,22)(H,20,21). The Morgan fingerprint density at radius 1 is 1.18 bits per heavy atom. The summed E-state index contributed by atoms with van der Waals surface area (Å²) in [6, 6.07) is 7.04. The Balaban J connectivity index is 1.97. The summed E-state index contributed by atoms with van der Waals surface area (Å²) in [4.78, 5) is 26.9. The first-order valence-electron chi connectivity index (χ1n) is 7.58. The third-order valence-corrected chi connectivity index (χ3v) is 3.95. The quantitative estimate of drug-likeness (QED) is 0.891. The summed E-state index contributed by atoms with van der Waals surface area (Å²) in [6.45, 7) is 6.42. The molecule has 2 N–H and O–H groups in total. The number of aliphatic carboxylic acids is 1. The van der Waals surface area contributed by atoms with E-state index in [9.17, 15) is 9.59 Å². The number of anilines is 1. The van der Waals surface area contributed by atoms with Crippen molar-refractivity contribution in [3.63, 3.8) is 0 Å². The van der Waals surface area contributed by atoms with Crippen molar-refractivity contribution >= 4 is 17.7 Å². The summed E-state index contributed by atoms with van der Waals surface area (Å²) < 4.78 is 0. The van der Waals surface area contributed by atoms with Gasteiger partial charge in [-0.15, -0.1) is 0 Å². The van der Waals surface area contributed by atoms with Crippen LogP contribution in [-0.2, 0) is 4.79 Å². The maximum absolute atomic E-state index is 12.1. The minimum absolute atomic E-state index is 0.304. The third kappa shape index (κ3) is 3.90. The Bertz CT molecular complexity index is 547. The van der Waals surface area contributed by atoms with Crippen LogP contribution in [0.25, 0.3) is 0 Å². The topological polar surface area (TPSA) is 72.9 Å². The van der Waals surface area contributed by atoms with Gasteiger partial charge in [-0.3, -0.25) is 4.79 Å². The van der Waals surface area contributed by atoms with E-state index in [1.807, 2.05) is 12.1 Å². The molecule has 0 bridgehead atoms. The summed E-state index contributed by atoms with van der Waals surface area (Å²) in [5, 5.41) is 11.4. The summed E-state index contributed by atoms with van der Waals surface area (Å²) >= 11 is 0. The highest BCUT2D eigenvalue weighted by Gasteiger charge is 2.22. The number of para-hydroxylation sites is 1. The number of aryl methyl sites for hydroxylation is 1. The number of hydrogen-bond acceptors (Lipinski definition) is 3. The molecule has 1 unspecified atom stereocenters. The maximum atomic E-state index is 12.1. The van der Waals surface area contributed by atoms with Gasteiger partial charge in [0.2, 0.25) is 0 Å². The van der Waals surface area contributed by atoms with Gasteiger partial charge in [0, 0.05) is 31.9 Å². The molecule has 0 aromatic heterocycles. The summed E-state index contributed by atoms with van der Waals surface area (Å²) in [6.07, 6.45) is 0.864. The van der Waals surface area contributed by atoms with E-state index in [2.05, 4.69) is 29.3 Å². The molecule has 1 saturated heterocycles. The smallest absolute Gasteiger partial charge is 0.325 e. The van der Waals surface area contributed by atoms with E-state index in [0.717, 1.165) is 19.5 Å². The largest absolute Gasteiger partial charge is 0.480 e. The minimum Gasteiger partial charge on any atom is -0.480 e. The van der Waals surface area contributed by atoms with Crippen molar-refractivity contribution < 1.29 is 14.7 Å². The Morgan fingerprint density at radius 2 is 1.91 bits per heavy atom. The fourth-order valence-corrected chi connectivity index (χ4v) is 2.62. The lowest BCUT2D eigenvalue weighted by Crippen LogP contribution is -2.47. The molecule has 1 aromatic rings. The molecule has 1 heterocycles. The predicted molar refractivity (Wildman–Crippen MR) is 85.2 cm³/mol. The van der Waals surface area contributed by atoms with Crippen molar-refractivity contribution in [3.8, 4) is 0 Å². The molecule has 1 aliphatic heterocycles. The molecule has 0 aliphatic carbocycles. The number of amides is 2. The second-order valence-corrected chi connectivity index (χ2v) is 5.62. The van der Waals surface area contributed by atoms with Crippen molar-refractivity contribution in [3.05, 3.63) is 29.8 Å². The van der Waals surface area contributed by atoms with Gasteiger partial charge in [-0.05, 0) is 31.9 Å². The highest BCUT2D eigenvalue weighted by molar-refractivity contribution is 5.82. The van der Waals surface area contributed by atoms with Crippen LogP contribution in [-0.4, -0.2) is 54.2 Å². The Hall–Kier alpha value is -2.24. The van der Waals surface area contributed by atoms with Crippen LogP contribution in [0.15, 0.2) is 24.3 Å². The van der Waals surface area contributed by atoms with Gasteiger partial charge in [0.25, 0.3) is 0 Å². The second kappa shape index (κ2) is 7.15. The minimum atomic E-state index is -1.02. The van der Waals surface area contributed by atoms with E-state index in [1.54, 1.807) is 4.90 Å². The van der Waals surface area contributed by atoms with Gasteiger partial charge in [-0.1, -0.05) is 18.2 Å². The van der Waals surface area contributed by atoms with Crippen LogP contribution in [0.1, 0.15) is 18.9 Å². The number of carboxylic acids is 1. The lowest BCUT2D eigenvalue weighted by Gasteiger charge is -2.25. The molecule has 1 atom stereocenters. The van der Waals surface area contributed by atoms with E-state index < -0.39 is 12.0 Å². The first kappa shape index (κ1) is 16.1. The lowest BCUT2D eigenvalue weighted by molar-refractivity contribution is -0.138. The van der Waals surface area contributed by atoms with Crippen LogP contribution < -0.4 is 10.2 Å². The first-order chi connectivity index (χ1) is 10.5. The third-order valence-electron chi connectivity index (χ3n) is 3.95. The SMILES string of the molecule is Cc1ccccc1N1CCCN(C(=O)NC(C)C(=O)O)CC1. The van der Waals surface area contributed by atoms with Gasteiger partial charge in [-0.25, -0.2) is 4.79 Å². The average molecular weight is 305 g/mol. The van der Waals surface area contributed by atoms with Gasteiger partial charge in [-0.2, -0.15) is 0 Å². The zero-order chi connectivity index (χ0) is 16.1. The molecule has 0 radical (unpaired) electrons. The molecule has 120 valence electrons. The van der Waals surface area contributed by atoms with Gasteiger partial charge in [0.05, 0.1) is 0 Å². The number of rotatable bonds is 3. The summed E-state index contributed by atoms with van der Waals surface area (Å²) in [5.41, 5.74) is 2.42. The van der Waals surface area contributed by atoms with Gasteiger partial charge in [0.15, 0.2) is 0 Å². The number of hydrogen-bond donors (Lipinski definition) is 2. The molecule has 2 rings (SSSR count). The van der Waals surface area contributed by atoms with Gasteiger partial charge < -0.3 is 20.2 Å². The van der Waals surface area contributed by atoms with E-state index in [1.165, 1.54) is 18.2 Å². The zero-order valence-electron chi connectivity index (χ0n) is 13.1. The van der Waals surface area contributed by atoms with Gasteiger partial charge >= 0.3 is 12.0 Å². The van der Waals surface area contributed by atoms with Crippen LogP contribution in [0.4, 0.5) is 10.5 Å². The molecule has 6 heteroatoms. The van der Waals surface area contributed by atoms with Crippen molar-refractivity contribution in [1.82, 2.24) is 10.2 Å². The van der Waals surface area contributed by atoms with E-state index in [-0.39, 0.29) is 6.03 Å². The Kier molecular flexibility index (Phi) is 5.25. The van der Waals surface area contributed by atoms with Crippen LogP contribution in [0.3, 0.4) is 0 Å². The molecule has 1 aromatic carbocycles. The molecule has 1 fully saturated rings. The van der Waals surface area contributed by atoms with E-state index in [0.29, 0.717) is 13.1 Å². The normalized spacial score (nSPS) is 16.8. The van der Waals surface area contributed by atoms with Crippen molar-refractivity contribution in [2.45, 2.75) is 26.3 Å². The van der Waals surface area contributed by atoms with Crippen molar-refractivity contribution in [2.24, 2.45) is 0 Å². The first-order valence-corrected chi connectivity index (χ1v) is 7.58. The molecule has 1 aliphatic rings. The van der Waals surface area contributed by atoms with Crippen LogP contribution in [0, 0.1) is 6.92 Å². The lowest BCUT2D eigenvalue weighted by atomic mass is 10.2. The van der Waals surface area contributed by atoms with Gasteiger partial charge in [0.1, 0.15) is 6.04 Å². The molecule has 2 amide bonds. The molecule has 0 spiro atoms. The Labute approximate surface area is 130 Å². The highest BCUT2D eigenvalue weighted by atomic mass is 16.4. The Morgan fingerprint density at radius 3 is 2.59 bits per heavy atom. The second-order valence-electron chi connectivity index (χ2n) is 5.62.